The van der Waals surface area contributed by atoms with E-state index in [4.69, 9.17) is 8.75 Å². The van der Waals surface area contributed by atoms with Crippen molar-refractivity contribution in [2.45, 2.75) is 260 Å². The molecule has 3 heterocycles. The third kappa shape index (κ3) is 19.6. The molecule has 2 atom stereocenters. The first-order valence-corrected chi connectivity index (χ1v) is 28.8. The van der Waals surface area contributed by atoms with Crippen LogP contribution >= 0.6 is 34.4 Å². The Hall–Kier alpha value is -1.56. The average molecular weight is 890 g/mol. The summed E-state index contributed by atoms with van der Waals surface area (Å²) in [6.07, 6.45) is 47.4. The minimum atomic E-state index is 0.803. The summed E-state index contributed by atoms with van der Waals surface area (Å²) < 4.78 is 9.97. The quantitative estimate of drug-likeness (QED) is 0.0419. The highest BCUT2D eigenvalue weighted by Crippen LogP contribution is 2.42. The Bertz CT molecular complexity index is 1560. The lowest BCUT2D eigenvalue weighted by Crippen LogP contribution is -2.05. The Balaban J connectivity index is 1.42. The van der Waals surface area contributed by atoms with E-state index in [1.165, 1.54) is 261 Å². The van der Waals surface area contributed by atoms with Gasteiger partial charge < -0.3 is 0 Å². The molecule has 0 spiro atoms. The van der Waals surface area contributed by atoms with Crippen molar-refractivity contribution < 1.29 is 0 Å². The molecule has 0 saturated heterocycles. The predicted octanol–water partition coefficient (Wildman–Crippen LogP) is 20.6. The van der Waals surface area contributed by atoms with Gasteiger partial charge in [-0.15, -0.1) is 22.7 Å². The molecule has 0 amide bonds. The SMILES string of the molecule is CCCCCCCCCCC(CCCCCCCC)Cc1cc(-c2ccc(-c3cc(CC(CCCCCCCC)CCCCCCCCCC)c(C)s3)c3nsnc23)sc1C. The number of rotatable bonds is 38. The molecule has 0 radical (unpaired) electrons. The summed E-state index contributed by atoms with van der Waals surface area (Å²) in [4.78, 5) is 5.76. The van der Waals surface area contributed by atoms with Crippen LogP contribution in [0.4, 0.5) is 0 Å². The maximum Gasteiger partial charge on any atom is 0.114 e. The van der Waals surface area contributed by atoms with Gasteiger partial charge in [0.2, 0.25) is 0 Å². The third-order valence-corrected chi connectivity index (χ3v) is 16.6. The van der Waals surface area contributed by atoms with E-state index >= 15 is 0 Å². The summed E-state index contributed by atoms with van der Waals surface area (Å²) in [5.74, 6) is 1.61. The first-order chi connectivity index (χ1) is 30.0. The van der Waals surface area contributed by atoms with E-state index in [1.54, 1.807) is 11.1 Å². The summed E-state index contributed by atoms with van der Waals surface area (Å²) >= 11 is 5.36. The van der Waals surface area contributed by atoms with Crippen LogP contribution in [0.25, 0.3) is 31.9 Å². The van der Waals surface area contributed by atoms with Crippen molar-refractivity contribution in [1.29, 1.82) is 0 Å². The number of hydrogen-bond acceptors (Lipinski definition) is 5. The molecule has 4 rings (SSSR count). The number of benzene rings is 1. The van der Waals surface area contributed by atoms with Crippen LogP contribution in [0.15, 0.2) is 24.3 Å². The molecule has 0 saturated carbocycles. The van der Waals surface area contributed by atoms with Crippen molar-refractivity contribution in [3.63, 3.8) is 0 Å². The van der Waals surface area contributed by atoms with Gasteiger partial charge in [0, 0.05) is 30.6 Å². The lowest BCUT2D eigenvalue weighted by atomic mass is 9.88. The number of unbranched alkanes of at least 4 members (excludes halogenated alkanes) is 24. The molecule has 0 bridgehead atoms. The summed E-state index contributed by atoms with van der Waals surface area (Å²) in [7, 11) is 0. The van der Waals surface area contributed by atoms with E-state index in [2.05, 4.69) is 65.8 Å². The lowest BCUT2D eigenvalue weighted by Gasteiger charge is -2.17. The fourth-order valence-electron chi connectivity index (χ4n) is 9.85. The number of aromatic nitrogens is 2. The van der Waals surface area contributed by atoms with E-state index in [0.29, 0.717) is 0 Å². The monoisotopic (exact) mass is 889 g/mol. The Labute approximate surface area is 389 Å². The van der Waals surface area contributed by atoms with Crippen LogP contribution in [0.2, 0.25) is 0 Å². The van der Waals surface area contributed by atoms with Gasteiger partial charge in [-0.25, -0.2) is 0 Å². The highest BCUT2D eigenvalue weighted by Gasteiger charge is 2.21. The topological polar surface area (TPSA) is 25.8 Å². The molecule has 1 aromatic carbocycles. The van der Waals surface area contributed by atoms with E-state index in [0.717, 1.165) is 22.9 Å². The number of aryl methyl sites for hydroxylation is 2. The molecule has 0 aliphatic rings. The first-order valence-electron chi connectivity index (χ1n) is 26.4. The van der Waals surface area contributed by atoms with Gasteiger partial charge >= 0.3 is 0 Å². The molecule has 0 aliphatic heterocycles. The van der Waals surface area contributed by atoms with Crippen molar-refractivity contribution in [3.05, 3.63) is 45.1 Å². The van der Waals surface area contributed by atoms with Crippen LogP contribution in [0.3, 0.4) is 0 Å². The van der Waals surface area contributed by atoms with Gasteiger partial charge in [0.05, 0.1) is 11.7 Å². The molecule has 0 fully saturated rings. The fourth-order valence-corrected chi connectivity index (χ4v) is 12.6. The van der Waals surface area contributed by atoms with Crippen molar-refractivity contribution in [1.82, 2.24) is 8.75 Å². The molecule has 61 heavy (non-hydrogen) atoms. The van der Waals surface area contributed by atoms with Crippen LogP contribution in [0.1, 0.15) is 254 Å². The predicted molar refractivity (Wildman–Crippen MR) is 278 cm³/mol. The summed E-state index contributed by atoms with van der Waals surface area (Å²) in [6.45, 7) is 14.0. The number of thiophene rings is 2. The van der Waals surface area contributed by atoms with Crippen molar-refractivity contribution in [3.8, 4) is 20.9 Å². The van der Waals surface area contributed by atoms with Gasteiger partial charge in [-0.3, -0.25) is 0 Å². The number of fused-ring (bicyclic) bond motifs is 1. The van der Waals surface area contributed by atoms with Crippen LogP contribution < -0.4 is 0 Å². The van der Waals surface area contributed by atoms with Gasteiger partial charge in [-0.2, -0.15) is 8.75 Å². The van der Waals surface area contributed by atoms with Gasteiger partial charge in [-0.05, 0) is 61.8 Å². The van der Waals surface area contributed by atoms with Gasteiger partial charge in [0.15, 0.2) is 0 Å². The number of hydrogen-bond donors (Lipinski definition) is 0. The second kappa shape index (κ2) is 32.2. The second-order valence-corrected chi connectivity index (χ2v) is 22.3. The van der Waals surface area contributed by atoms with Crippen LogP contribution in [-0.2, 0) is 12.8 Å². The molecule has 2 unspecified atom stereocenters. The van der Waals surface area contributed by atoms with E-state index in [9.17, 15) is 0 Å². The van der Waals surface area contributed by atoms with Crippen molar-refractivity contribution in [2.24, 2.45) is 11.8 Å². The molecule has 2 nitrogen and oxygen atoms in total. The highest BCUT2D eigenvalue weighted by molar-refractivity contribution is 7.16. The zero-order chi connectivity index (χ0) is 43.3. The normalized spacial score (nSPS) is 12.9. The summed E-state index contributed by atoms with van der Waals surface area (Å²) in [6, 6.07) is 9.83. The largest absolute Gasteiger partial charge is 0.172 e. The van der Waals surface area contributed by atoms with E-state index < -0.39 is 0 Å². The molecule has 3 aromatic heterocycles. The van der Waals surface area contributed by atoms with Crippen molar-refractivity contribution >= 4 is 45.4 Å². The smallest absolute Gasteiger partial charge is 0.114 e. The molecule has 0 aliphatic carbocycles. The minimum absolute atomic E-state index is 0.803. The Morgan fingerprint density at radius 3 is 0.967 bits per heavy atom. The fraction of sp³-hybridized carbons (Fsp3) is 0.750. The van der Waals surface area contributed by atoms with E-state index in [-0.39, 0.29) is 0 Å². The summed E-state index contributed by atoms with van der Waals surface area (Å²) in [5.41, 5.74) is 7.91. The lowest BCUT2D eigenvalue weighted by molar-refractivity contribution is 0.400. The molecular weight excluding hydrogens is 797 g/mol. The second-order valence-electron chi connectivity index (χ2n) is 19.3. The van der Waals surface area contributed by atoms with Crippen molar-refractivity contribution in [2.75, 3.05) is 0 Å². The van der Waals surface area contributed by atoms with Crippen LogP contribution in [0, 0.1) is 25.7 Å². The zero-order valence-electron chi connectivity index (χ0n) is 40.6. The van der Waals surface area contributed by atoms with Gasteiger partial charge in [-0.1, -0.05) is 245 Å². The first kappa shape index (κ1) is 52.1. The molecule has 344 valence electrons. The zero-order valence-corrected chi connectivity index (χ0v) is 43.1. The highest BCUT2D eigenvalue weighted by atomic mass is 32.1. The molecule has 5 heteroatoms. The molecular formula is C56H92N2S3. The molecule has 4 aromatic rings. The maximum atomic E-state index is 4.98. The van der Waals surface area contributed by atoms with Crippen LogP contribution in [-0.4, -0.2) is 8.75 Å². The van der Waals surface area contributed by atoms with Crippen LogP contribution in [0.5, 0.6) is 0 Å². The average Bonchev–Trinajstić information content (AvgIpc) is 4.00. The van der Waals surface area contributed by atoms with E-state index in [1.807, 2.05) is 22.7 Å². The third-order valence-electron chi connectivity index (χ3n) is 13.9. The Morgan fingerprint density at radius 2 is 0.672 bits per heavy atom. The van der Waals surface area contributed by atoms with Gasteiger partial charge in [0.25, 0.3) is 0 Å². The molecule has 0 N–H and O–H groups in total. The Kier molecular flexibility index (Phi) is 27.4. The maximum absolute atomic E-state index is 4.98. The number of nitrogens with zero attached hydrogens (tertiary/aromatic N) is 2. The van der Waals surface area contributed by atoms with Gasteiger partial charge in [0.1, 0.15) is 11.0 Å². The Morgan fingerprint density at radius 1 is 0.393 bits per heavy atom. The summed E-state index contributed by atoms with van der Waals surface area (Å²) in [5, 5.41) is 0. The standard InChI is InChI=1S/C56H92N2S3/c1-7-11-15-19-23-25-29-33-37-47(35-31-27-21-17-13-9-3)41-49-43-53(59-45(49)5)51-39-40-52(56-55(51)57-61-58-56)54-44-50(46(6)60-54)42-48(36-32-28-22-18-14-10-4)38-34-30-26-24-20-16-12-8-2/h39-40,43-44,47-48H,7-38,41-42H2,1-6H3. The minimum Gasteiger partial charge on any atom is -0.172 e.